The van der Waals surface area contributed by atoms with E-state index >= 15 is 0 Å². The SMILES string of the molecule is C=CCN1CCC2(CC1)OCCc1cc(C(=O)NCCCOC)sc12. The maximum absolute atomic E-state index is 12.4. The van der Waals surface area contributed by atoms with Crippen LogP contribution in [0.3, 0.4) is 0 Å². The number of nitrogens with one attached hydrogen (secondary N) is 1. The lowest BCUT2D eigenvalue weighted by Gasteiger charge is -2.43. The number of carbonyl (C=O) groups excluding carboxylic acids is 1. The van der Waals surface area contributed by atoms with Crippen molar-refractivity contribution in [2.24, 2.45) is 0 Å². The van der Waals surface area contributed by atoms with Crippen molar-refractivity contribution in [3.05, 3.63) is 34.0 Å². The van der Waals surface area contributed by atoms with Crippen LogP contribution < -0.4 is 5.32 Å². The first-order valence-electron chi connectivity index (χ1n) is 9.06. The lowest BCUT2D eigenvalue weighted by Crippen LogP contribution is -2.45. The van der Waals surface area contributed by atoms with E-state index in [0.29, 0.717) is 13.2 Å². The second-order valence-electron chi connectivity index (χ2n) is 6.75. The van der Waals surface area contributed by atoms with Gasteiger partial charge in [0, 0.05) is 44.8 Å². The normalized spacial score (nSPS) is 19.6. The summed E-state index contributed by atoms with van der Waals surface area (Å²) in [6.07, 6.45) is 5.68. The Morgan fingerprint density at radius 3 is 3.04 bits per heavy atom. The van der Waals surface area contributed by atoms with Crippen LogP contribution in [0.5, 0.6) is 0 Å². The lowest BCUT2D eigenvalue weighted by molar-refractivity contribution is -0.0937. The molecule has 1 N–H and O–H groups in total. The summed E-state index contributed by atoms with van der Waals surface area (Å²) in [5, 5.41) is 2.99. The second-order valence-corrected chi connectivity index (χ2v) is 7.80. The standard InChI is InChI=1S/C19H28N2O3S/c1-3-9-21-10-6-19(7-11-21)17-15(5-13-24-19)14-16(25-17)18(22)20-8-4-12-23-2/h3,14H,1,4-13H2,2H3,(H,20,22). The highest BCUT2D eigenvalue weighted by atomic mass is 32.1. The fourth-order valence-corrected chi connectivity index (χ4v) is 5.02. The predicted molar refractivity (Wildman–Crippen MR) is 100 cm³/mol. The number of amides is 1. The summed E-state index contributed by atoms with van der Waals surface area (Å²) in [4.78, 5) is 16.9. The van der Waals surface area contributed by atoms with Crippen LogP contribution in [0.2, 0.25) is 0 Å². The molecule has 138 valence electrons. The van der Waals surface area contributed by atoms with Gasteiger partial charge in [-0.15, -0.1) is 17.9 Å². The molecule has 0 saturated carbocycles. The molecule has 0 atom stereocenters. The van der Waals surface area contributed by atoms with Crippen molar-refractivity contribution in [3.63, 3.8) is 0 Å². The van der Waals surface area contributed by atoms with Gasteiger partial charge in [-0.05, 0) is 37.3 Å². The average Bonchev–Trinajstić information content (AvgIpc) is 3.07. The van der Waals surface area contributed by atoms with Gasteiger partial charge >= 0.3 is 0 Å². The van der Waals surface area contributed by atoms with Crippen molar-refractivity contribution in [1.29, 1.82) is 0 Å². The molecule has 2 aliphatic rings. The molecule has 3 rings (SSSR count). The molecule has 0 bridgehead atoms. The Labute approximate surface area is 154 Å². The van der Waals surface area contributed by atoms with Gasteiger partial charge in [0.1, 0.15) is 5.60 Å². The molecule has 1 spiro atoms. The molecule has 1 aromatic heterocycles. The fraction of sp³-hybridized carbons (Fsp3) is 0.632. The van der Waals surface area contributed by atoms with Crippen LogP contribution >= 0.6 is 11.3 Å². The van der Waals surface area contributed by atoms with Gasteiger partial charge in [-0.25, -0.2) is 0 Å². The van der Waals surface area contributed by atoms with E-state index in [4.69, 9.17) is 9.47 Å². The first-order valence-corrected chi connectivity index (χ1v) is 9.88. The van der Waals surface area contributed by atoms with E-state index in [2.05, 4.69) is 22.9 Å². The summed E-state index contributed by atoms with van der Waals surface area (Å²) in [5.41, 5.74) is 1.11. The quantitative estimate of drug-likeness (QED) is 0.597. The van der Waals surface area contributed by atoms with Crippen molar-refractivity contribution in [3.8, 4) is 0 Å². The van der Waals surface area contributed by atoms with Crippen molar-refractivity contribution >= 4 is 17.2 Å². The number of ether oxygens (including phenoxy) is 2. The summed E-state index contributed by atoms with van der Waals surface area (Å²) < 4.78 is 11.3. The summed E-state index contributed by atoms with van der Waals surface area (Å²) >= 11 is 1.62. The second kappa shape index (κ2) is 8.45. The maximum atomic E-state index is 12.4. The zero-order valence-corrected chi connectivity index (χ0v) is 15.8. The van der Waals surface area contributed by atoms with Crippen LogP contribution in [0.25, 0.3) is 0 Å². The van der Waals surface area contributed by atoms with Gasteiger partial charge in [0.25, 0.3) is 5.91 Å². The Morgan fingerprint density at radius 1 is 1.52 bits per heavy atom. The number of nitrogens with zero attached hydrogens (tertiary/aromatic N) is 1. The lowest BCUT2D eigenvalue weighted by atomic mass is 9.85. The van der Waals surface area contributed by atoms with Crippen LogP contribution in [-0.4, -0.2) is 57.3 Å². The van der Waals surface area contributed by atoms with E-state index in [0.717, 1.165) is 56.8 Å². The minimum atomic E-state index is -0.190. The predicted octanol–water partition coefficient (Wildman–Crippen LogP) is 2.56. The molecule has 6 heteroatoms. The number of hydrogen-bond donors (Lipinski definition) is 1. The molecule has 5 nitrogen and oxygen atoms in total. The molecule has 25 heavy (non-hydrogen) atoms. The van der Waals surface area contributed by atoms with E-state index < -0.39 is 0 Å². The number of piperidine rings is 1. The Bertz CT molecular complexity index is 606. The van der Waals surface area contributed by atoms with Crippen LogP contribution in [0.1, 0.15) is 39.4 Å². The molecule has 0 radical (unpaired) electrons. The van der Waals surface area contributed by atoms with Gasteiger partial charge in [0.05, 0.1) is 11.5 Å². The summed E-state index contributed by atoms with van der Waals surface area (Å²) in [7, 11) is 1.68. The van der Waals surface area contributed by atoms with Gasteiger partial charge in [-0.1, -0.05) is 6.08 Å². The maximum Gasteiger partial charge on any atom is 0.261 e. The molecule has 1 saturated heterocycles. The first kappa shape index (κ1) is 18.6. The highest BCUT2D eigenvalue weighted by Gasteiger charge is 2.42. The summed E-state index contributed by atoms with van der Waals surface area (Å²) in [6.45, 7) is 8.86. The van der Waals surface area contributed by atoms with E-state index in [9.17, 15) is 4.79 Å². The smallest absolute Gasteiger partial charge is 0.261 e. The zero-order valence-electron chi connectivity index (χ0n) is 15.0. The minimum Gasteiger partial charge on any atom is -0.385 e. The van der Waals surface area contributed by atoms with Gasteiger partial charge in [-0.2, -0.15) is 0 Å². The molecule has 3 heterocycles. The summed E-state index contributed by atoms with van der Waals surface area (Å²) in [6, 6.07) is 2.08. The molecule has 1 aromatic rings. The van der Waals surface area contributed by atoms with Crippen molar-refractivity contribution < 1.29 is 14.3 Å². The number of thiophene rings is 1. The molecule has 0 unspecified atom stereocenters. The number of carbonyl (C=O) groups is 1. The third-order valence-electron chi connectivity index (χ3n) is 5.06. The van der Waals surface area contributed by atoms with E-state index in [-0.39, 0.29) is 11.5 Å². The molecular formula is C19H28N2O3S. The number of fused-ring (bicyclic) bond motifs is 2. The molecule has 0 aliphatic carbocycles. The third kappa shape index (κ3) is 4.14. The molecule has 0 aromatic carbocycles. The Hall–Kier alpha value is -1.21. The van der Waals surface area contributed by atoms with E-state index in [1.807, 2.05) is 6.08 Å². The van der Waals surface area contributed by atoms with Gasteiger partial charge in [0.2, 0.25) is 0 Å². The molecule has 1 amide bonds. The van der Waals surface area contributed by atoms with E-state index in [1.165, 1.54) is 10.4 Å². The number of methoxy groups -OCH3 is 1. The Kier molecular flexibility index (Phi) is 6.28. The molecule has 2 aliphatic heterocycles. The van der Waals surface area contributed by atoms with Crippen LogP contribution in [-0.2, 0) is 21.5 Å². The topological polar surface area (TPSA) is 50.8 Å². The summed E-state index contributed by atoms with van der Waals surface area (Å²) in [5.74, 6) is 0.0229. The van der Waals surface area contributed by atoms with E-state index in [1.54, 1.807) is 18.4 Å². The fourth-order valence-electron chi connectivity index (χ4n) is 3.69. The first-order chi connectivity index (χ1) is 12.2. The minimum absolute atomic E-state index is 0.0229. The molecular weight excluding hydrogens is 336 g/mol. The van der Waals surface area contributed by atoms with Gasteiger partial charge < -0.3 is 14.8 Å². The monoisotopic (exact) mass is 364 g/mol. The number of hydrogen-bond acceptors (Lipinski definition) is 5. The zero-order chi connectivity index (χ0) is 17.7. The van der Waals surface area contributed by atoms with Crippen LogP contribution in [0.4, 0.5) is 0 Å². The van der Waals surface area contributed by atoms with Gasteiger partial charge in [-0.3, -0.25) is 9.69 Å². The highest BCUT2D eigenvalue weighted by Crippen LogP contribution is 2.45. The Balaban J connectivity index is 1.69. The number of rotatable bonds is 7. The number of likely N-dealkylation sites (tertiary alicyclic amines) is 1. The van der Waals surface area contributed by atoms with Crippen molar-refractivity contribution in [2.75, 3.05) is 46.5 Å². The highest BCUT2D eigenvalue weighted by molar-refractivity contribution is 7.14. The van der Waals surface area contributed by atoms with Crippen molar-refractivity contribution in [1.82, 2.24) is 10.2 Å². The Morgan fingerprint density at radius 2 is 2.32 bits per heavy atom. The average molecular weight is 365 g/mol. The van der Waals surface area contributed by atoms with Gasteiger partial charge in [0.15, 0.2) is 0 Å². The van der Waals surface area contributed by atoms with Crippen molar-refractivity contribution in [2.45, 2.75) is 31.3 Å². The third-order valence-corrected chi connectivity index (χ3v) is 6.42. The van der Waals surface area contributed by atoms with Crippen LogP contribution in [0, 0.1) is 0 Å². The largest absolute Gasteiger partial charge is 0.385 e. The molecule has 1 fully saturated rings. The van der Waals surface area contributed by atoms with Crippen LogP contribution in [0.15, 0.2) is 18.7 Å².